The van der Waals surface area contributed by atoms with Crippen molar-refractivity contribution in [2.24, 2.45) is 5.92 Å². The largest absolute Gasteiger partial charge is 0.384 e. The van der Waals surface area contributed by atoms with E-state index in [2.05, 4.69) is 23.8 Å². The molecule has 2 rings (SSSR count). The molecule has 0 saturated carbocycles. The molecule has 0 radical (unpaired) electrons. The lowest BCUT2D eigenvalue weighted by atomic mass is 10.1. The zero-order chi connectivity index (χ0) is 14.5. The van der Waals surface area contributed by atoms with Crippen LogP contribution in [0.15, 0.2) is 35.2 Å². The van der Waals surface area contributed by atoms with Crippen LogP contribution >= 0.6 is 11.8 Å². The first-order valence-electron chi connectivity index (χ1n) is 6.54. The van der Waals surface area contributed by atoms with Crippen molar-refractivity contribution in [2.75, 3.05) is 5.73 Å². The minimum absolute atomic E-state index is 0.219. The van der Waals surface area contributed by atoms with Gasteiger partial charge in [0.15, 0.2) is 0 Å². The second kappa shape index (κ2) is 6.70. The number of aromatic nitrogens is 2. The highest BCUT2D eigenvalue weighted by Crippen LogP contribution is 2.24. The average Bonchev–Trinajstić information content (AvgIpc) is 2.36. The lowest BCUT2D eigenvalue weighted by molar-refractivity contribution is 0.602. The van der Waals surface area contributed by atoms with Crippen molar-refractivity contribution < 1.29 is 4.39 Å². The highest BCUT2D eigenvalue weighted by atomic mass is 32.2. The van der Waals surface area contributed by atoms with Crippen LogP contribution in [0.3, 0.4) is 0 Å². The molecular weight excluding hydrogens is 273 g/mol. The summed E-state index contributed by atoms with van der Waals surface area (Å²) in [5, 5.41) is 0. The summed E-state index contributed by atoms with van der Waals surface area (Å²) >= 11 is 1.38. The van der Waals surface area contributed by atoms with E-state index in [9.17, 15) is 4.39 Å². The van der Waals surface area contributed by atoms with Gasteiger partial charge in [0.05, 0.1) is 5.75 Å². The monoisotopic (exact) mass is 291 g/mol. The number of hydrogen-bond donors (Lipinski definition) is 1. The molecule has 1 aromatic heterocycles. The molecule has 2 aromatic rings. The number of nitrogen functional groups attached to an aromatic ring is 1. The first kappa shape index (κ1) is 14.8. The molecule has 5 heteroatoms. The Bertz CT molecular complexity index is 587. The van der Waals surface area contributed by atoms with Crippen molar-refractivity contribution in [3.8, 4) is 0 Å². The molecule has 0 fully saturated rings. The number of hydrogen-bond acceptors (Lipinski definition) is 4. The normalized spacial score (nSPS) is 11.0. The molecule has 1 heterocycles. The lowest BCUT2D eigenvalue weighted by Crippen LogP contribution is -2.05. The van der Waals surface area contributed by atoms with E-state index in [1.165, 1.54) is 17.8 Å². The quantitative estimate of drug-likeness (QED) is 0.854. The van der Waals surface area contributed by atoms with Gasteiger partial charge in [0.1, 0.15) is 17.5 Å². The predicted molar refractivity (Wildman–Crippen MR) is 80.9 cm³/mol. The third-order valence-corrected chi connectivity index (χ3v) is 3.70. The number of anilines is 1. The Morgan fingerprint density at radius 3 is 2.70 bits per heavy atom. The SMILES string of the molecule is CC(C)Cc1cc(N)nc(CSc2ccccc2F)n1. The summed E-state index contributed by atoms with van der Waals surface area (Å²) in [4.78, 5) is 9.29. The second-order valence-electron chi connectivity index (χ2n) is 5.02. The summed E-state index contributed by atoms with van der Waals surface area (Å²) in [5.41, 5.74) is 6.74. The van der Waals surface area contributed by atoms with Gasteiger partial charge >= 0.3 is 0 Å². The van der Waals surface area contributed by atoms with Crippen LogP contribution < -0.4 is 5.73 Å². The van der Waals surface area contributed by atoms with E-state index >= 15 is 0 Å². The molecule has 0 atom stereocenters. The Morgan fingerprint density at radius 2 is 2.00 bits per heavy atom. The van der Waals surface area contributed by atoms with Crippen LogP contribution in [0.2, 0.25) is 0 Å². The molecule has 2 N–H and O–H groups in total. The molecule has 0 saturated heterocycles. The summed E-state index contributed by atoms with van der Waals surface area (Å²) in [5.74, 6) is 1.92. The predicted octanol–water partition coefficient (Wildman–Crippen LogP) is 3.69. The zero-order valence-corrected chi connectivity index (χ0v) is 12.5. The number of nitrogens with zero attached hydrogens (tertiary/aromatic N) is 2. The van der Waals surface area contributed by atoms with Gasteiger partial charge in [-0.3, -0.25) is 0 Å². The number of halogens is 1. The molecular formula is C15H18FN3S. The van der Waals surface area contributed by atoms with Gasteiger partial charge in [0.25, 0.3) is 0 Å². The Labute approximate surface area is 122 Å². The zero-order valence-electron chi connectivity index (χ0n) is 11.6. The van der Waals surface area contributed by atoms with E-state index in [1.807, 2.05) is 6.07 Å². The van der Waals surface area contributed by atoms with Crippen LogP contribution in [0.25, 0.3) is 0 Å². The van der Waals surface area contributed by atoms with Crippen LogP contribution in [0.4, 0.5) is 10.2 Å². The van der Waals surface area contributed by atoms with Crippen molar-refractivity contribution in [1.82, 2.24) is 9.97 Å². The van der Waals surface area contributed by atoms with E-state index in [0.29, 0.717) is 28.2 Å². The summed E-state index contributed by atoms with van der Waals surface area (Å²) in [6, 6.07) is 8.50. The molecule has 0 unspecified atom stereocenters. The number of rotatable bonds is 5. The van der Waals surface area contributed by atoms with Gasteiger partial charge in [-0.1, -0.05) is 26.0 Å². The average molecular weight is 291 g/mol. The fraction of sp³-hybridized carbons (Fsp3) is 0.333. The molecule has 0 aliphatic rings. The fourth-order valence-corrected chi connectivity index (χ4v) is 2.66. The van der Waals surface area contributed by atoms with E-state index in [1.54, 1.807) is 18.2 Å². The standard InChI is InChI=1S/C15H18FN3S/c1-10(2)7-11-8-14(17)19-15(18-11)9-20-13-6-4-3-5-12(13)16/h3-6,8,10H,7,9H2,1-2H3,(H2,17,18,19). The Kier molecular flexibility index (Phi) is 4.95. The maximum atomic E-state index is 13.5. The molecule has 20 heavy (non-hydrogen) atoms. The highest BCUT2D eigenvalue weighted by Gasteiger charge is 2.07. The summed E-state index contributed by atoms with van der Waals surface area (Å²) in [7, 11) is 0. The smallest absolute Gasteiger partial charge is 0.141 e. The van der Waals surface area contributed by atoms with Crippen molar-refractivity contribution in [2.45, 2.75) is 30.9 Å². The van der Waals surface area contributed by atoms with Crippen LogP contribution in [0.1, 0.15) is 25.4 Å². The van der Waals surface area contributed by atoms with Crippen LogP contribution in [-0.2, 0) is 12.2 Å². The van der Waals surface area contributed by atoms with Gasteiger partial charge in [-0.15, -0.1) is 11.8 Å². The summed E-state index contributed by atoms with van der Waals surface area (Å²) in [6.07, 6.45) is 0.865. The van der Waals surface area contributed by atoms with Crippen LogP contribution in [0.5, 0.6) is 0 Å². The van der Waals surface area contributed by atoms with Gasteiger partial charge in [0.2, 0.25) is 0 Å². The fourth-order valence-electron chi connectivity index (χ4n) is 1.87. The van der Waals surface area contributed by atoms with Gasteiger partial charge in [-0.2, -0.15) is 0 Å². The molecule has 0 bridgehead atoms. The van der Waals surface area contributed by atoms with Crippen LogP contribution in [-0.4, -0.2) is 9.97 Å². The maximum absolute atomic E-state index is 13.5. The van der Waals surface area contributed by atoms with E-state index < -0.39 is 0 Å². The maximum Gasteiger partial charge on any atom is 0.141 e. The third kappa shape index (κ3) is 4.20. The number of benzene rings is 1. The lowest BCUT2D eigenvalue weighted by Gasteiger charge is -2.08. The number of thioether (sulfide) groups is 1. The van der Waals surface area contributed by atoms with Gasteiger partial charge in [0, 0.05) is 16.7 Å². The third-order valence-electron chi connectivity index (χ3n) is 2.66. The number of nitrogens with two attached hydrogens (primary N) is 1. The molecule has 0 aliphatic heterocycles. The van der Waals surface area contributed by atoms with Crippen molar-refractivity contribution >= 4 is 17.6 Å². The van der Waals surface area contributed by atoms with E-state index in [0.717, 1.165) is 12.1 Å². The second-order valence-corrected chi connectivity index (χ2v) is 6.03. The molecule has 3 nitrogen and oxygen atoms in total. The first-order chi connectivity index (χ1) is 9.54. The summed E-state index contributed by atoms with van der Waals surface area (Å²) < 4.78 is 13.5. The molecule has 1 aromatic carbocycles. The first-order valence-corrected chi connectivity index (χ1v) is 7.53. The van der Waals surface area contributed by atoms with Gasteiger partial charge < -0.3 is 5.73 Å². The highest BCUT2D eigenvalue weighted by molar-refractivity contribution is 7.98. The van der Waals surface area contributed by atoms with Gasteiger partial charge in [-0.05, 0) is 24.5 Å². The molecule has 0 spiro atoms. The molecule has 0 aliphatic carbocycles. The van der Waals surface area contributed by atoms with Crippen molar-refractivity contribution in [1.29, 1.82) is 0 Å². The Balaban J connectivity index is 2.09. The summed E-state index contributed by atoms with van der Waals surface area (Å²) in [6.45, 7) is 4.26. The van der Waals surface area contributed by atoms with Gasteiger partial charge in [-0.25, -0.2) is 14.4 Å². The molecule has 106 valence electrons. The minimum atomic E-state index is -0.219. The van der Waals surface area contributed by atoms with Crippen molar-refractivity contribution in [3.63, 3.8) is 0 Å². The van der Waals surface area contributed by atoms with Crippen molar-refractivity contribution in [3.05, 3.63) is 47.7 Å². The Hall–Kier alpha value is -1.62. The Morgan fingerprint density at radius 1 is 1.25 bits per heavy atom. The van der Waals surface area contributed by atoms with E-state index in [-0.39, 0.29) is 5.82 Å². The van der Waals surface area contributed by atoms with Crippen LogP contribution in [0, 0.1) is 11.7 Å². The minimum Gasteiger partial charge on any atom is -0.384 e. The van der Waals surface area contributed by atoms with E-state index in [4.69, 9.17) is 5.73 Å². The topological polar surface area (TPSA) is 51.8 Å². The molecule has 0 amide bonds.